The van der Waals surface area contributed by atoms with Crippen molar-refractivity contribution in [2.75, 3.05) is 13.7 Å². The first-order chi connectivity index (χ1) is 15.1. The van der Waals surface area contributed by atoms with Crippen molar-refractivity contribution in [2.45, 2.75) is 24.9 Å². The summed E-state index contributed by atoms with van der Waals surface area (Å²) in [4.78, 5) is 17.9. The fourth-order valence-electron chi connectivity index (χ4n) is 4.99. The van der Waals surface area contributed by atoms with Crippen LogP contribution in [0.1, 0.15) is 36.1 Å². The van der Waals surface area contributed by atoms with Gasteiger partial charge in [-0.2, -0.15) is 0 Å². The average Bonchev–Trinajstić information content (AvgIpc) is 3.41. The molecule has 1 fully saturated rings. The molecule has 4 aromatic rings. The summed E-state index contributed by atoms with van der Waals surface area (Å²) in [6.45, 7) is 0.717. The monoisotopic (exact) mass is 434 g/mol. The van der Waals surface area contributed by atoms with Crippen molar-refractivity contribution in [2.24, 2.45) is 0 Å². The van der Waals surface area contributed by atoms with Gasteiger partial charge in [0.05, 0.1) is 7.11 Å². The van der Waals surface area contributed by atoms with E-state index in [1.807, 2.05) is 42.5 Å². The summed E-state index contributed by atoms with van der Waals surface area (Å²) in [5.41, 5.74) is 2.77. The Balaban J connectivity index is 1.63. The van der Waals surface area contributed by atoms with Crippen molar-refractivity contribution in [3.05, 3.63) is 76.9 Å². The minimum atomic E-state index is -0.856. The number of aromatic nitrogens is 1. The van der Waals surface area contributed by atoms with Crippen LogP contribution in [0.3, 0.4) is 0 Å². The number of carboxylic acids is 1. The Morgan fingerprint density at radius 3 is 2.74 bits per heavy atom. The third-order valence-electron chi connectivity index (χ3n) is 6.33. The van der Waals surface area contributed by atoms with Crippen LogP contribution in [0.15, 0.2) is 60.8 Å². The van der Waals surface area contributed by atoms with Crippen LogP contribution >= 0.6 is 11.6 Å². The van der Waals surface area contributed by atoms with Crippen molar-refractivity contribution >= 4 is 39.2 Å². The highest BCUT2D eigenvalue weighted by atomic mass is 35.5. The number of benzene rings is 3. The zero-order valence-electron chi connectivity index (χ0n) is 17.1. The minimum absolute atomic E-state index is 0.000963. The number of halogens is 1. The summed E-state index contributed by atoms with van der Waals surface area (Å²) in [5.74, 6) is -0.0319. The maximum absolute atomic E-state index is 12.5. The molecule has 158 valence electrons. The summed E-state index contributed by atoms with van der Waals surface area (Å²) < 4.78 is 5.55. The molecule has 5 rings (SSSR count). The molecule has 3 aromatic carbocycles. The second-order valence-electron chi connectivity index (χ2n) is 7.97. The summed E-state index contributed by atoms with van der Waals surface area (Å²) in [6, 6.07) is 17.0. The predicted molar refractivity (Wildman–Crippen MR) is 123 cm³/mol. The normalized spacial score (nSPS) is 17.9. The summed E-state index contributed by atoms with van der Waals surface area (Å²) in [7, 11) is 1.67. The van der Waals surface area contributed by atoms with E-state index in [0.717, 1.165) is 57.9 Å². The number of ether oxygens (including phenoxy) is 1. The molecule has 1 aromatic heterocycles. The van der Waals surface area contributed by atoms with E-state index in [2.05, 4.69) is 22.0 Å². The Bertz CT molecular complexity index is 1280. The highest BCUT2D eigenvalue weighted by molar-refractivity contribution is 6.31. The van der Waals surface area contributed by atoms with Gasteiger partial charge in [-0.3, -0.25) is 9.69 Å². The second-order valence-corrected chi connectivity index (χ2v) is 8.41. The number of fused-ring (bicyclic) bond motifs is 2. The van der Waals surface area contributed by atoms with Gasteiger partial charge in [0.2, 0.25) is 0 Å². The van der Waals surface area contributed by atoms with Crippen molar-refractivity contribution in [3.8, 4) is 5.75 Å². The Morgan fingerprint density at radius 2 is 1.97 bits per heavy atom. The number of rotatable bonds is 5. The largest absolute Gasteiger partial charge is 0.496 e. The van der Waals surface area contributed by atoms with E-state index in [-0.39, 0.29) is 6.04 Å². The zero-order chi connectivity index (χ0) is 21.5. The van der Waals surface area contributed by atoms with Crippen molar-refractivity contribution in [3.63, 3.8) is 0 Å². The van der Waals surface area contributed by atoms with Gasteiger partial charge < -0.3 is 14.8 Å². The van der Waals surface area contributed by atoms with Gasteiger partial charge in [-0.25, -0.2) is 0 Å². The standard InChI is InChI=1S/C25H23ClN2O3/c1-31-23-11-9-17(16-5-2-3-6-18(16)23)22-7-4-12-28(22)24(25(29)30)20-14-27-21-10-8-15(26)13-19(20)21/h2-3,5-6,8-11,13-14,22,24,27H,4,7,12H2,1H3,(H,29,30)/t22-,24-/m0/s1. The molecule has 1 aliphatic rings. The zero-order valence-corrected chi connectivity index (χ0v) is 17.9. The van der Waals surface area contributed by atoms with Crippen molar-refractivity contribution in [1.29, 1.82) is 0 Å². The lowest BCUT2D eigenvalue weighted by molar-refractivity contribution is -0.144. The van der Waals surface area contributed by atoms with Crippen molar-refractivity contribution in [1.82, 2.24) is 9.88 Å². The number of H-pyrrole nitrogens is 1. The van der Waals surface area contributed by atoms with E-state index in [9.17, 15) is 9.90 Å². The predicted octanol–water partition coefficient (Wildman–Crippen LogP) is 5.95. The van der Waals surface area contributed by atoms with Gasteiger partial charge in [-0.15, -0.1) is 0 Å². The Kier molecular flexibility index (Phi) is 5.08. The van der Waals surface area contributed by atoms with Gasteiger partial charge in [0.15, 0.2) is 0 Å². The quantitative estimate of drug-likeness (QED) is 0.407. The average molecular weight is 435 g/mol. The molecule has 5 nitrogen and oxygen atoms in total. The smallest absolute Gasteiger partial charge is 0.325 e. The molecule has 0 saturated carbocycles. The first kappa shape index (κ1) is 19.9. The third kappa shape index (κ3) is 3.34. The van der Waals surface area contributed by atoms with Gasteiger partial charge in [-0.1, -0.05) is 41.9 Å². The van der Waals surface area contributed by atoms with Crippen LogP contribution < -0.4 is 4.74 Å². The van der Waals surface area contributed by atoms with Gasteiger partial charge >= 0.3 is 5.97 Å². The molecule has 0 bridgehead atoms. The van der Waals surface area contributed by atoms with Crippen LogP contribution in [0.25, 0.3) is 21.7 Å². The SMILES string of the molecule is COc1ccc([C@@H]2CCCN2[C@H](C(=O)O)c2c[nH]c3ccc(Cl)cc23)c2ccccc12. The molecular formula is C25H23ClN2O3. The maximum Gasteiger partial charge on any atom is 0.325 e. The second kappa shape index (κ2) is 7.91. The molecule has 0 unspecified atom stereocenters. The van der Waals surface area contributed by atoms with Crippen LogP contribution in [0.5, 0.6) is 5.75 Å². The Morgan fingerprint density at radius 1 is 1.16 bits per heavy atom. The maximum atomic E-state index is 12.5. The fraction of sp³-hybridized carbons (Fsp3) is 0.240. The number of nitrogens with one attached hydrogen (secondary N) is 1. The topological polar surface area (TPSA) is 65.6 Å². The number of aliphatic carboxylic acids is 1. The number of likely N-dealkylation sites (tertiary alicyclic amines) is 1. The summed E-state index contributed by atoms with van der Waals surface area (Å²) in [6.07, 6.45) is 3.66. The molecule has 31 heavy (non-hydrogen) atoms. The van der Waals surface area contributed by atoms with Crippen LogP contribution in [-0.4, -0.2) is 34.6 Å². The molecule has 1 aliphatic heterocycles. The minimum Gasteiger partial charge on any atom is -0.496 e. The molecule has 6 heteroatoms. The highest BCUT2D eigenvalue weighted by Crippen LogP contribution is 2.44. The van der Waals surface area contributed by atoms with E-state index in [1.54, 1.807) is 13.3 Å². The highest BCUT2D eigenvalue weighted by Gasteiger charge is 2.38. The van der Waals surface area contributed by atoms with Crippen molar-refractivity contribution < 1.29 is 14.6 Å². The van der Waals surface area contributed by atoms with E-state index < -0.39 is 12.0 Å². The molecule has 2 N–H and O–H groups in total. The fourth-order valence-corrected chi connectivity index (χ4v) is 5.16. The van der Waals surface area contributed by atoms with Gasteiger partial charge in [0.25, 0.3) is 0 Å². The number of hydrogen-bond acceptors (Lipinski definition) is 3. The van der Waals surface area contributed by atoms with E-state index in [1.165, 1.54) is 0 Å². The molecule has 1 saturated heterocycles. The van der Waals surface area contributed by atoms with Gasteiger partial charge in [0, 0.05) is 39.1 Å². The first-order valence-electron chi connectivity index (χ1n) is 10.4. The number of methoxy groups -OCH3 is 1. The van der Waals surface area contributed by atoms with Crippen LogP contribution in [0, 0.1) is 0 Å². The lowest BCUT2D eigenvalue weighted by Gasteiger charge is -2.31. The first-order valence-corrected chi connectivity index (χ1v) is 10.8. The Labute approximate surface area is 185 Å². The number of aromatic amines is 1. The molecule has 2 atom stereocenters. The number of hydrogen-bond donors (Lipinski definition) is 2. The molecule has 2 heterocycles. The molecule has 0 spiro atoms. The van der Waals surface area contributed by atoms with Crippen LogP contribution in [0.4, 0.5) is 0 Å². The molecular weight excluding hydrogens is 412 g/mol. The summed E-state index contributed by atoms with van der Waals surface area (Å²) >= 11 is 6.22. The van der Waals surface area contributed by atoms with Gasteiger partial charge in [0.1, 0.15) is 11.8 Å². The summed E-state index contributed by atoms with van der Waals surface area (Å²) in [5, 5.41) is 13.9. The molecule has 0 radical (unpaired) electrons. The van der Waals surface area contributed by atoms with E-state index >= 15 is 0 Å². The lowest BCUT2D eigenvalue weighted by Crippen LogP contribution is -2.33. The van der Waals surface area contributed by atoms with E-state index in [0.29, 0.717) is 5.02 Å². The van der Waals surface area contributed by atoms with Crippen LogP contribution in [-0.2, 0) is 4.79 Å². The van der Waals surface area contributed by atoms with Crippen LogP contribution in [0.2, 0.25) is 5.02 Å². The number of nitrogens with zero attached hydrogens (tertiary/aromatic N) is 1. The van der Waals surface area contributed by atoms with E-state index in [4.69, 9.17) is 16.3 Å². The third-order valence-corrected chi connectivity index (χ3v) is 6.56. The Hall–Kier alpha value is -3.02. The number of carbonyl (C=O) groups is 1. The molecule has 0 amide bonds. The molecule has 0 aliphatic carbocycles. The lowest BCUT2D eigenvalue weighted by atomic mass is 9.95. The van der Waals surface area contributed by atoms with Gasteiger partial charge in [-0.05, 0) is 54.6 Å². The number of carboxylic acid groups (broad SMARTS) is 1.